The van der Waals surface area contributed by atoms with Crippen LogP contribution in [0, 0.1) is 12.7 Å². The predicted molar refractivity (Wildman–Crippen MR) is 137 cm³/mol. The molecule has 37 heavy (non-hydrogen) atoms. The molecule has 0 aliphatic carbocycles. The molecule has 0 saturated carbocycles. The Labute approximate surface area is 220 Å². The number of benzene rings is 3. The third-order valence-corrected chi connectivity index (χ3v) is 5.74. The Morgan fingerprint density at radius 2 is 1.70 bits per heavy atom. The average Bonchev–Trinajstić information content (AvgIpc) is 2.84. The summed E-state index contributed by atoms with van der Waals surface area (Å²) in [6.07, 6.45) is 1.22. The standard InChI is InChI=1S/C26H18Cl2FN3O5/c1-14-2-3-17(28)12-21(14)32-25(35)20(24(34)31-26(32)36)11-15-10-16(27)4-9-22(15)37-13-23(33)30-19-7-5-18(29)6-8-19/h2-12H,13H2,1H3,(H,30,33)(H,31,34,36)/b20-11+. The average molecular weight is 542 g/mol. The molecule has 0 radical (unpaired) electrons. The van der Waals surface area contributed by atoms with Gasteiger partial charge in [0.05, 0.1) is 5.69 Å². The van der Waals surface area contributed by atoms with Crippen LogP contribution in [0.4, 0.5) is 20.6 Å². The molecule has 0 atom stereocenters. The van der Waals surface area contributed by atoms with E-state index in [2.05, 4.69) is 10.6 Å². The third kappa shape index (κ3) is 5.96. The predicted octanol–water partition coefficient (Wildman–Crippen LogP) is 5.12. The van der Waals surface area contributed by atoms with Crippen LogP contribution in [0.1, 0.15) is 11.1 Å². The second-order valence-corrected chi connectivity index (χ2v) is 8.79. The van der Waals surface area contributed by atoms with E-state index in [4.69, 9.17) is 27.9 Å². The summed E-state index contributed by atoms with van der Waals surface area (Å²) in [6, 6.07) is 13.4. The number of halogens is 3. The molecule has 11 heteroatoms. The van der Waals surface area contributed by atoms with Gasteiger partial charge in [-0.05, 0) is 73.2 Å². The lowest BCUT2D eigenvalue weighted by Gasteiger charge is -2.27. The zero-order valence-electron chi connectivity index (χ0n) is 19.2. The largest absolute Gasteiger partial charge is 0.483 e. The summed E-state index contributed by atoms with van der Waals surface area (Å²) in [6.45, 7) is 1.26. The summed E-state index contributed by atoms with van der Waals surface area (Å²) in [5, 5.41) is 5.28. The van der Waals surface area contributed by atoms with Crippen molar-refractivity contribution >= 4 is 64.4 Å². The van der Waals surface area contributed by atoms with Crippen LogP contribution in [-0.2, 0) is 14.4 Å². The minimum atomic E-state index is -0.919. The lowest BCUT2D eigenvalue weighted by molar-refractivity contribution is -0.122. The topological polar surface area (TPSA) is 105 Å². The van der Waals surface area contributed by atoms with Crippen LogP contribution in [0.15, 0.2) is 66.2 Å². The maximum atomic E-state index is 13.3. The van der Waals surface area contributed by atoms with E-state index in [0.29, 0.717) is 16.3 Å². The fourth-order valence-corrected chi connectivity index (χ4v) is 3.84. The second kappa shape index (κ2) is 10.8. The number of carbonyl (C=O) groups is 4. The zero-order chi connectivity index (χ0) is 26.7. The molecule has 3 aromatic rings. The lowest BCUT2D eigenvalue weighted by atomic mass is 10.0. The van der Waals surface area contributed by atoms with E-state index in [1.807, 2.05) is 0 Å². The summed E-state index contributed by atoms with van der Waals surface area (Å²) in [5.74, 6) is -2.61. The number of rotatable bonds is 6. The number of anilines is 2. The maximum Gasteiger partial charge on any atom is 0.335 e. The number of amides is 5. The lowest BCUT2D eigenvalue weighted by Crippen LogP contribution is -2.54. The van der Waals surface area contributed by atoms with Crippen LogP contribution in [-0.4, -0.2) is 30.4 Å². The fraction of sp³-hybridized carbons (Fsp3) is 0.0769. The van der Waals surface area contributed by atoms with Gasteiger partial charge in [0, 0.05) is 21.3 Å². The first-order chi connectivity index (χ1) is 17.6. The molecule has 8 nitrogen and oxygen atoms in total. The van der Waals surface area contributed by atoms with Crippen molar-refractivity contribution in [2.24, 2.45) is 0 Å². The second-order valence-electron chi connectivity index (χ2n) is 7.91. The van der Waals surface area contributed by atoms with Crippen LogP contribution in [0.3, 0.4) is 0 Å². The monoisotopic (exact) mass is 541 g/mol. The summed E-state index contributed by atoms with van der Waals surface area (Å²) in [4.78, 5) is 51.5. The van der Waals surface area contributed by atoms with Crippen molar-refractivity contribution in [2.75, 3.05) is 16.8 Å². The molecule has 0 aromatic heterocycles. The third-order valence-electron chi connectivity index (χ3n) is 5.27. The van der Waals surface area contributed by atoms with E-state index in [-0.39, 0.29) is 27.6 Å². The SMILES string of the molecule is Cc1ccc(Cl)cc1N1C(=O)NC(=O)/C(=C\c2cc(Cl)ccc2OCC(=O)Nc2ccc(F)cc2)C1=O. The summed E-state index contributed by atoms with van der Waals surface area (Å²) in [7, 11) is 0. The molecule has 4 rings (SSSR count). The molecule has 3 aromatic carbocycles. The number of barbiturate groups is 1. The van der Waals surface area contributed by atoms with Crippen molar-refractivity contribution < 1.29 is 28.3 Å². The number of hydrogen-bond donors (Lipinski definition) is 2. The first-order valence-corrected chi connectivity index (χ1v) is 11.5. The van der Waals surface area contributed by atoms with Gasteiger partial charge in [-0.2, -0.15) is 0 Å². The van der Waals surface area contributed by atoms with Crippen molar-refractivity contribution in [1.82, 2.24) is 5.32 Å². The van der Waals surface area contributed by atoms with E-state index in [9.17, 15) is 23.6 Å². The van der Waals surface area contributed by atoms with Gasteiger partial charge in [0.25, 0.3) is 17.7 Å². The van der Waals surface area contributed by atoms with E-state index in [1.54, 1.807) is 19.1 Å². The highest BCUT2D eigenvalue weighted by atomic mass is 35.5. The van der Waals surface area contributed by atoms with Crippen LogP contribution in [0.25, 0.3) is 6.08 Å². The van der Waals surface area contributed by atoms with Crippen LogP contribution < -0.4 is 20.3 Å². The molecular weight excluding hydrogens is 524 g/mol. The Kier molecular flexibility index (Phi) is 7.56. The minimum absolute atomic E-state index is 0.147. The fourth-order valence-electron chi connectivity index (χ4n) is 3.49. The molecule has 1 saturated heterocycles. The van der Waals surface area contributed by atoms with Crippen molar-refractivity contribution in [3.63, 3.8) is 0 Å². The molecule has 1 aliphatic heterocycles. The molecule has 5 amide bonds. The Balaban J connectivity index is 1.60. The highest BCUT2D eigenvalue weighted by molar-refractivity contribution is 6.40. The molecule has 1 fully saturated rings. The van der Waals surface area contributed by atoms with Gasteiger partial charge in [-0.1, -0.05) is 29.3 Å². The number of nitrogens with one attached hydrogen (secondary N) is 2. The van der Waals surface area contributed by atoms with Gasteiger partial charge in [-0.15, -0.1) is 0 Å². The molecule has 0 unspecified atom stereocenters. The molecule has 1 aliphatic rings. The van der Waals surface area contributed by atoms with E-state index in [0.717, 1.165) is 4.90 Å². The Hall–Kier alpha value is -4.21. The molecular formula is C26H18Cl2FN3O5. The number of urea groups is 1. The van der Waals surface area contributed by atoms with Gasteiger partial charge in [0.2, 0.25) is 0 Å². The highest BCUT2D eigenvalue weighted by Crippen LogP contribution is 2.30. The molecule has 0 spiro atoms. The normalized spacial score (nSPS) is 14.5. The van der Waals surface area contributed by atoms with Gasteiger partial charge >= 0.3 is 6.03 Å². The highest BCUT2D eigenvalue weighted by Gasteiger charge is 2.37. The summed E-state index contributed by atoms with van der Waals surface area (Å²) in [5.41, 5.74) is 1.03. The number of nitrogens with zero attached hydrogens (tertiary/aromatic N) is 1. The number of aryl methyl sites for hydroxylation is 1. The number of carbonyl (C=O) groups excluding carboxylic acids is 4. The van der Waals surface area contributed by atoms with Crippen molar-refractivity contribution in [3.05, 3.63) is 93.2 Å². The summed E-state index contributed by atoms with van der Waals surface area (Å²) < 4.78 is 18.7. The molecule has 2 N–H and O–H groups in total. The van der Waals surface area contributed by atoms with Gasteiger partial charge in [0.1, 0.15) is 17.1 Å². The smallest absolute Gasteiger partial charge is 0.335 e. The first-order valence-electron chi connectivity index (χ1n) is 10.8. The van der Waals surface area contributed by atoms with Gasteiger partial charge in [0.15, 0.2) is 6.61 Å². The van der Waals surface area contributed by atoms with Crippen molar-refractivity contribution in [1.29, 1.82) is 0 Å². The molecule has 188 valence electrons. The van der Waals surface area contributed by atoms with Crippen molar-refractivity contribution in [2.45, 2.75) is 6.92 Å². The number of hydrogen-bond acceptors (Lipinski definition) is 5. The Morgan fingerprint density at radius 1 is 1.03 bits per heavy atom. The van der Waals surface area contributed by atoms with Gasteiger partial charge in [-0.3, -0.25) is 19.7 Å². The van der Waals surface area contributed by atoms with Gasteiger partial charge < -0.3 is 10.1 Å². The zero-order valence-corrected chi connectivity index (χ0v) is 20.7. The molecule has 1 heterocycles. The van der Waals surface area contributed by atoms with Crippen molar-refractivity contribution in [3.8, 4) is 5.75 Å². The molecule has 0 bridgehead atoms. The van der Waals surface area contributed by atoms with E-state index in [1.165, 1.54) is 54.6 Å². The summed E-state index contributed by atoms with van der Waals surface area (Å²) >= 11 is 12.2. The first kappa shape index (κ1) is 25.9. The maximum absolute atomic E-state index is 13.3. The Morgan fingerprint density at radius 3 is 2.43 bits per heavy atom. The number of ether oxygens (including phenoxy) is 1. The van der Waals surface area contributed by atoms with Crippen LogP contribution in [0.5, 0.6) is 5.75 Å². The number of imide groups is 2. The van der Waals surface area contributed by atoms with E-state index < -0.39 is 36.2 Å². The quantitative estimate of drug-likeness (QED) is 0.332. The Bertz CT molecular complexity index is 1460. The van der Waals surface area contributed by atoms with E-state index >= 15 is 0 Å². The van der Waals surface area contributed by atoms with Gasteiger partial charge in [-0.25, -0.2) is 14.1 Å². The minimum Gasteiger partial charge on any atom is -0.483 e. The van der Waals surface area contributed by atoms with Crippen LogP contribution >= 0.6 is 23.2 Å². The van der Waals surface area contributed by atoms with Crippen LogP contribution in [0.2, 0.25) is 10.0 Å².